The Morgan fingerprint density at radius 2 is 2.27 bits per heavy atom. The molecule has 0 aliphatic heterocycles. The number of hydrogen-bond donors (Lipinski definition) is 1. The summed E-state index contributed by atoms with van der Waals surface area (Å²) in [6, 6.07) is 3.41. The third-order valence-corrected chi connectivity index (χ3v) is 3.07. The summed E-state index contributed by atoms with van der Waals surface area (Å²) in [6.07, 6.45) is 4.83. The number of aromatic nitrogens is 2. The lowest BCUT2D eigenvalue weighted by Crippen LogP contribution is -2.27. The highest BCUT2D eigenvalue weighted by molar-refractivity contribution is 5.80. The Kier molecular flexibility index (Phi) is 4.62. The third-order valence-electron chi connectivity index (χ3n) is 3.07. The minimum atomic E-state index is -0.495. The van der Waals surface area contributed by atoms with Crippen LogP contribution < -0.4 is 11.3 Å². The second-order valence-corrected chi connectivity index (χ2v) is 4.82. The number of benzene rings is 1. The van der Waals surface area contributed by atoms with Gasteiger partial charge >= 0.3 is 0 Å². The average molecular weight is 300 g/mol. The van der Waals surface area contributed by atoms with Gasteiger partial charge in [-0.05, 0) is 37.3 Å². The maximum Gasteiger partial charge on any atom is 0.266 e. The molecule has 0 amide bonds. The van der Waals surface area contributed by atoms with Crippen molar-refractivity contribution in [2.75, 3.05) is 7.05 Å². The molecule has 0 spiro atoms. The highest BCUT2D eigenvalue weighted by atomic mass is 19.1. The zero-order valence-electron chi connectivity index (χ0n) is 12.5. The maximum absolute atomic E-state index is 13.4. The fourth-order valence-corrected chi connectivity index (χ4v) is 2.07. The Bertz CT molecular complexity index is 834. The lowest BCUT2D eigenvalue weighted by Gasteiger charge is -2.15. The van der Waals surface area contributed by atoms with Crippen molar-refractivity contribution < 1.29 is 4.39 Å². The van der Waals surface area contributed by atoms with Crippen molar-refractivity contribution in [3.05, 3.63) is 58.9 Å². The average Bonchev–Trinajstić information content (AvgIpc) is 2.47. The van der Waals surface area contributed by atoms with E-state index >= 15 is 0 Å². The molecule has 2 rings (SSSR count). The van der Waals surface area contributed by atoms with Crippen LogP contribution in [0.2, 0.25) is 0 Å². The van der Waals surface area contributed by atoms with Crippen LogP contribution in [0.5, 0.6) is 0 Å². The van der Waals surface area contributed by atoms with Crippen molar-refractivity contribution in [2.45, 2.75) is 13.0 Å². The van der Waals surface area contributed by atoms with Crippen molar-refractivity contribution in [3.63, 3.8) is 0 Å². The standard InChI is InChI=1S/C16H17FN4O/c1-10(5-4-8-19-3)21-15(11(2)18)20-14-7-6-12(17)9-13(14)16(21)22/h4-9,11H,1,18H2,2-3H3/b5-4-,19-8-/t11-/m0/s1. The Labute approximate surface area is 127 Å². The van der Waals surface area contributed by atoms with E-state index in [-0.39, 0.29) is 5.39 Å². The fourth-order valence-electron chi connectivity index (χ4n) is 2.07. The molecule has 1 heterocycles. The summed E-state index contributed by atoms with van der Waals surface area (Å²) < 4.78 is 14.7. The lowest BCUT2D eigenvalue weighted by atomic mass is 10.2. The van der Waals surface area contributed by atoms with Crippen molar-refractivity contribution in [2.24, 2.45) is 10.7 Å². The molecule has 0 fully saturated rings. The normalized spacial score (nSPS) is 13.3. The van der Waals surface area contributed by atoms with Crippen molar-refractivity contribution in [3.8, 4) is 0 Å². The first-order valence-electron chi connectivity index (χ1n) is 6.71. The van der Waals surface area contributed by atoms with Crippen LogP contribution in [0.15, 0.2) is 46.7 Å². The smallest absolute Gasteiger partial charge is 0.266 e. The first-order valence-corrected chi connectivity index (χ1v) is 6.71. The van der Waals surface area contributed by atoms with Gasteiger partial charge in [-0.25, -0.2) is 9.37 Å². The molecule has 0 bridgehead atoms. The van der Waals surface area contributed by atoms with Gasteiger partial charge in [-0.2, -0.15) is 0 Å². The van der Waals surface area contributed by atoms with Gasteiger partial charge in [0.05, 0.1) is 16.9 Å². The zero-order valence-corrected chi connectivity index (χ0v) is 12.5. The van der Waals surface area contributed by atoms with Gasteiger partial charge in [0.25, 0.3) is 5.56 Å². The number of allylic oxidation sites excluding steroid dienone is 3. The van der Waals surface area contributed by atoms with E-state index < -0.39 is 17.4 Å². The van der Waals surface area contributed by atoms with Crippen LogP contribution in [0, 0.1) is 5.82 Å². The molecule has 0 aliphatic carbocycles. The first kappa shape index (κ1) is 15.8. The second kappa shape index (κ2) is 6.44. The number of aliphatic imine (C=N–C) groups is 1. The van der Waals surface area contributed by atoms with Crippen molar-refractivity contribution >= 4 is 22.8 Å². The van der Waals surface area contributed by atoms with Crippen LogP contribution in [-0.2, 0) is 0 Å². The summed E-state index contributed by atoms with van der Waals surface area (Å²) >= 11 is 0. The largest absolute Gasteiger partial charge is 0.322 e. The lowest BCUT2D eigenvalue weighted by molar-refractivity contribution is 0.628. The fraction of sp³-hybridized carbons (Fsp3) is 0.188. The Hall–Kier alpha value is -2.60. The Morgan fingerprint density at radius 1 is 1.55 bits per heavy atom. The van der Waals surface area contributed by atoms with E-state index in [0.29, 0.717) is 17.0 Å². The SMILES string of the molecule is C=C(/C=C\C=N/C)n1c([C@H](C)N)nc2ccc(F)cc2c1=O. The van der Waals surface area contributed by atoms with Gasteiger partial charge in [-0.15, -0.1) is 0 Å². The number of halogens is 1. The summed E-state index contributed by atoms with van der Waals surface area (Å²) in [4.78, 5) is 20.8. The van der Waals surface area contributed by atoms with Gasteiger partial charge in [-0.3, -0.25) is 14.4 Å². The molecule has 0 saturated heterocycles. The molecule has 22 heavy (non-hydrogen) atoms. The van der Waals surface area contributed by atoms with Crippen LogP contribution >= 0.6 is 0 Å². The van der Waals surface area contributed by atoms with E-state index in [0.717, 1.165) is 6.07 Å². The molecule has 5 nitrogen and oxygen atoms in total. The van der Waals surface area contributed by atoms with Crippen LogP contribution in [-0.4, -0.2) is 22.8 Å². The van der Waals surface area contributed by atoms with E-state index in [2.05, 4.69) is 16.6 Å². The maximum atomic E-state index is 13.4. The third kappa shape index (κ3) is 3.01. The van der Waals surface area contributed by atoms with Crippen LogP contribution in [0.3, 0.4) is 0 Å². The molecule has 2 N–H and O–H groups in total. The quantitative estimate of drug-likeness (QED) is 0.695. The predicted octanol–water partition coefficient (Wildman–Crippen LogP) is 2.28. The molecule has 114 valence electrons. The van der Waals surface area contributed by atoms with E-state index in [9.17, 15) is 9.18 Å². The summed E-state index contributed by atoms with van der Waals surface area (Å²) in [5, 5.41) is 0.183. The van der Waals surface area contributed by atoms with Crippen LogP contribution in [0.25, 0.3) is 16.6 Å². The summed E-state index contributed by atoms with van der Waals surface area (Å²) in [5.41, 5.74) is 6.30. The molecule has 0 aliphatic rings. The number of rotatable bonds is 4. The Balaban J connectivity index is 2.74. The number of hydrogen-bond acceptors (Lipinski definition) is 4. The molecule has 2 aromatic rings. The molecular formula is C16H17FN4O. The minimum absolute atomic E-state index is 0.183. The van der Waals surface area contributed by atoms with Gasteiger partial charge in [0.2, 0.25) is 0 Å². The van der Waals surface area contributed by atoms with Crippen molar-refractivity contribution in [1.29, 1.82) is 0 Å². The summed E-state index contributed by atoms with van der Waals surface area (Å²) in [6.45, 7) is 5.58. The molecule has 1 aromatic carbocycles. The highest BCUT2D eigenvalue weighted by Crippen LogP contribution is 2.16. The molecule has 0 saturated carbocycles. The van der Waals surface area contributed by atoms with E-state index in [1.165, 1.54) is 16.7 Å². The zero-order chi connectivity index (χ0) is 16.3. The van der Waals surface area contributed by atoms with E-state index in [1.807, 2.05) is 0 Å². The molecule has 1 aromatic heterocycles. The monoisotopic (exact) mass is 300 g/mol. The molecule has 1 atom stereocenters. The number of nitrogens with zero attached hydrogens (tertiary/aromatic N) is 3. The van der Waals surface area contributed by atoms with Crippen LogP contribution in [0.4, 0.5) is 4.39 Å². The van der Waals surface area contributed by atoms with Gasteiger partial charge in [-0.1, -0.05) is 6.58 Å². The van der Waals surface area contributed by atoms with Gasteiger partial charge in [0.15, 0.2) is 0 Å². The predicted molar refractivity (Wildman–Crippen MR) is 87.4 cm³/mol. The van der Waals surface area contributed by atoms with E-state index in [4.69, 9.17) is 5.73 Å². The molecular weight excluding hydrogens is 283 g/mol. The van der Waals surface area contributed by atoms with E-state index in [1.54, 1.807) is 32.3 Å². The van der Waals surface area contributed by atoms with Crippen LogP contribution in [0.1, 0.15) is 18.8 Å². The second-order valence-electron chi connectivity index (χ2n) is 4.82. The molecule has 0 radical (unpaired) electrons. The summed E-state index contributed by atoms with van der Waals surface area (Å²) in [7, 11) is 1.63. The number of fused-ring (bicyclic) bond motifs is 1. The Morgan fingerprint density at radius 3 is 2.91 bits per heavy atom. The molecule has 6 heteroatoms. The highest BCUT2D eigenvalue weighted by Gasteiger charge is 2.15. The summed E-state index contributed by atoms with van der Waals surface area (Å²) in [5.74, 6) is -0.127. The minimum Gasteiger partial charge on any atom is -0.322 e. The van der Waals surface area contributed by atoms with Gasteiger partial charge < -0.3 is 5.73 Å². The topological polar surface area (TPSA) is 73.3 Å². The van der Waals surface area contributed by atoms with Gasteiger partial charge in [0, 0.05) is 19.0 Å². The van der Waals surface area contributed by atoms with Gasteiger partial charge in [0.1, 0.15) is 11.6 Å². The first-order chi connectivity index (χ1) is 10.5. The number of nitrogens with two attached hydrogens (primary N) is 1. The van der Waals surface area contributed by atoms with Crippen molar-refractivity contribution in [1.82, 2.24) is 9.55 Å². The molecule has 0 unspecified atom stereocenters.